The van der Waals surface area contributed by atoms with Crippen LogP contribution in [0, 0.1) is 12.8 Å². The average molecular weight is 262 g/mol. The van der Waals surface area contributed by atoms with Crippen LogP contribution in [0.25, 0.3) is 0 Å². The molecule has 0 aliphatic heterocycles. The summed E-state index contributed by atoms with van der Waals surface area (Å²) >= 11 is 0. The first-order valence-electron chi connectivity index (χ1n) is 7.48. The van der Waals surface area contributed by atoms with Crippen LogP contribution >= 0.6 is 0 Å². The molecule has 0 aromatic heterocycles. The second-order valence-electron chi connectivity index (χ2n) is 6.04. The molecule has 0 saturated heterocycles. The Morgan fingerprint density at radius 1 is 1.21 bits per heavy atom. The van der Waals surface area contributed by atoms with Gasteiger partial charge in [-0.15, -0.1) is 0 Å². The SMILES string of the molecule is CCC(N)C(c1ccccc1C)N(C)CCC(C)C. The highest BCUT2D eigenvalue weighted by Gasteiger charge is 2.24. The van der Waals surface area contributed by atoms with Crippen molar-refractivity contribution in [2.75, 3.05) is 13.6 Å². The smallest absolute Gasteiger partial charge is 0.0498 e. The molecule has 0 amide bonds. The van der Waals surface area contributed by atoms with E-state index in [4.69, 9.17) is 5.73 Å². The molecule has 1 aromatic rings. The zero-order valence-corrected chi connectivity index (χ0v) is 13.2. The fourth-order valence-electron chi connectivity index (χ4n) is 2.54. The number of hydrogen-bond acceptors (Lipinski definition) is 2. The van der Waals surface area contributed by atoms with Gasteiger partial charge in [-0.25, -0.2) is 0 Å². The van der Waals surface area contributed by atoms with E-state index in [1.807, 2.05) is 0 Å². The Morgan fingerprint density at radius 2 is 1.84 bits per heavy atom. The number of nitrogens with two attached hydrogens (primary N) is 1. The molecule has 2 atom stereocenters. The summed E-state index contributed by atoms with van der Waals surface area (Å²) in [5.41, 5.74) is 9.10. The summed E-state index contributed by atoms with van der Waals surface area (Å²) in [6.07, 6.45) is 2.22. The van der Waals surface area contributed by atoms with E-state index >= 15 is 0 Å². The first-order chi connectivity index (χ1) is 8.97. The second kappa shape index (κ2) is 7.66. The Morgan fingerprint density at radius 3 is 2.37 bits per heavy atom. The minimum absolute atomic E-state index is 0.193. The summed E-state index contributed by atoms with van der Waals surface area (Å²) in [4.78, 5) is 2.43. The zero-order valence-electron chi connectivity index (χ0n) is 13.2. The molecule has 0 radical (unpaired) electrons. The van der Waals surface area contributed by atoms with E-state index in [2.05, 4.69) is 63.9 Å². The maximum absolute atomic E-state index is 6.38. The first kappa shape index (κ1) is 16.2. The lowest BCUT2D eigenvalue weighted by atomic mass is 9.93. The number of hydrogen-bond donors (Lipinski definition) is 1. The summed E-state index contributed by atoms with van der Waals surface area (Å²) in [5.74, 6) is 0.734. The highest BCUT2D eigenvalue weighted by molar-refractivity contribution is 5.29. The van der Waals surface area contributed by atoms with Gasteiger partial charge in [0.05, 0.1) is 0 Å². The Kier molecular flexibility index (Phi) is 6.53. The maximum atomic E-state index is 6.38. The number of rotatable bonds is 7. The van der Waals surface area contributed by atoms with Gasteiger partial charge in [0.1, 0.15) is 0 Å². The van der Waals surface area contributed by atoms with Crippen LogP contribution in [-0.4, -0.2) is 24.5 Å². The largest absolute Gasteiger partial charge is 0.326 e. The van der Waals surface area contributed by atoms with Gasteiger partial charge in [-0.05, 0) is 50.4 Å². The molecule has 19 heavy (non-hydrogen) atoms. The van der Waals surface area contributed by atoms with Crippen LogP contribution in [0.1, 0.15) is 50.8 Å². The van der Waals surface area contributed by atoms with Crippen molar-refractivity contribution in [3.05, 3.63) is 35.4 Å². The number of nitrogens with zero attached hydrogens (tertiary/aromatic N) is 1. The van der Waals surface area contributed by atoms with Crippen molar-refractivity contribution in [2.24, 2.45) is 11.7 Å². The fourth-order valence-corrected chi connectivity index (χ4v) is 2.54. The third-order valence-electron chi connectivity index (χ3n) is 3.92. The monoisotopic (exact) mass is 262 g/mol. The molecule has 0 saturated carbocycles. The highest BCUT2D eigenvalue weighted by Crippen LogP contribution is 2.27. The molecule has 0 aliphatic rings. The zero-order chi connectivity index (χ0) is 14.4. The molecule has 0 fully saturated rings. The summed E-state index contributed by atoms with van der Waals surface area (Å²) in [6.45, 7) is 10.0. The standard InChI is InChI=1S/C17H30N2/c1-6-16(18)17(19(5)12-11-13(2)3)15-10-8-7-9-14(15)4/h7-10,13,16-17H,6,11-12,18H2,1-5H3. The molecule has 0 spiro atoms. The van der Waals surface area contributed by atoms with Crippen molar-refractivity contribution in [1.82, 2.24) is 4.90 Å². The van der Waals surface area contributed by atoms with Crippen LogP contribution in [0.2, 0.25) is 0 Å². The molecular weight excluding hydrogens is 232 g/mol. The summed E-state index contributed by atoms with van der Waals surface area (Å²) in [5, 5.41) is 0. The topological polar surface area (TPSA) is 29.3 Å². The van der Waals surface area contributed by atoms with E-state index in [0.29, 0.717) is 6.04 Å². The third-order valence-corrected chi connectivity index (χ3v) is 3.92. The molecule has 2 unspecified atom stereocenters. The van der Waals surface area contributed by atoms with E-state index in [-0.39, 0.29) is 6.04 Å². The molecule has 1 rings (SSSR count). The number of likely N-dealkylation sites (N-methyl/N-ethyl adjacent to an activating group) is 1. The Labute approximate surface area is 119 Å². The third kappa shape index (κ3) is 4.63. The predicted octanol–water partition coefficient (Wildman–Crippen LogP) is 3.75. The van der Waals surface area contributed by atoms with Gasteiger partial charge >= 0.3 is 0 Å². The first-order valence-corrected chi connectivity index (χ1v) is 7.48. The molecule has 1 aromatic carbocycles. The lowest BCUT2D eigenvalue weighted by molar-refractivity contribution is 0.199. The van der Waals surface area contributed by atoms with E-state index < -0.39 is 0 Å². The lowest BCUT2D eigenvalue weighted by Gasteiger charge is -2.34. The predicted molar refractivity (Wildman–Crippen MR) is 84.3 cm³/mol. The lowest BCUT2D eigenvalue weighted by Crippen LogP contribution is -2.39. The van der Waals surface area contributed by atoms with Crippen molar-refractivity contribution >= 4 is 0 Å². The summed E-state index contributed by atoms with van der Waals surface area (Å²) < 4.78 is 0. The van der Waals surface area contributed by atoms with Gasteiger partial charge < -0.3 is 5.73 Å². The van der Waals surface area contributed by atoms with Crippen LogP contribution in [-0.2, 0) is 0 Å². The Bertz CT molecular complexity index is 373. The van der Waals surface area contributed by atoms with Gasteiger partial charge in [0.25, 0.3) is 0 Å². The molecule has 108 valence electrons. The Hall–Kier alpha value is -0.860. The van der Waals surface area contributed by atoms with Crippen molar-refractivity contribution in [3.63, 3.8) is 0 Å². The number of benzene rings is 1. The van der Waals surface area contributed by atoms with Crippen LogP contribution in [0.4, 0.5) is 0 Å². The van der Waals surface area contributed by atoms with E-state index in [0.717, 1.165) is 18.9 Å². The average Bonchev–Trinajstić information content (AvgIpc) is 2.38. The van der Waals surface area contributed by atoms with Crippen LogP contribution in [0.5, 0.6) is 0 Å². The van der Waals surface area contributed by atoms with Crippen LogP contribution in [0.15, 0.2) is 24.3 Å². The van der Waals surface area contributed by atoms with Crippen LogP contribution < -0.4 is 5.73 Å². The van der Waals surface area contributed by atoms with E-state index in [1.165, 1.54) is 17.5 Å². The normalized spacial score (nSPS) is 14.9. The van der Waals surface area contributed by atoms with Crippen molar-refractivity contribution < 1.29 is 0 Å². The van der Waals surface area contributed by atoms with Gasteiger partial charge in [0.15, 0.2) is 0 Å². The summed E-state index contributed by atoms with van der Waals surface area (Å²) in [7, 11) is 2.20. The Balaban J connectivity index is 2.92. The van der Waals surface area contributed by atoms with E-state index in [9.17, 15) is 0 Å². The molecule has 2 heteroatoms. The molecule has 2 nitrogen and oxygen atoms in total. The maximum Gasteiger partial charge on any atom is 0.0498 e. The van der Waals surface area contributed by atoms with Crippen LogP contribution in [0.3, 0.4) is 0 Å². The highest BCUT2D eigenvalue weighted by atomic mass is 15.1. The van der Waals surface area contributed by atoms with Gasteiger partial charge in [-0.2, -0.15) is 0 Å². The van der Waals surface area contributed by atoms with Crippen molar-refractivity contribution in [3.8, 4) is 0 Å². The molecule has 2 N–H and O–H groups in total. The molecular formula is C17H30N2. The van der Waals surface area contributed by atoms with Gasteiger partial charge in [0, 0.05) is 12.1 Å². The van der Waals surface area contributed by atoms with Crippen molar-refractivity contribution in [1.29, 1.82) is 0 Å². The van der Waals surface area contributed by atoms with E-state index in [1.54, 1.807) is 0 Å². The second-order valence-corrected chi connectivity index (χ2v) is 6.04. The molecule has 0 aliphatic carbocycles. The summed E-state index contributed by atoms with van der Waals surface area (Å²) in [6, 6.07) is 9.14. The minimum Gasteiger partial charge on any atom is -0.326 e. The van der Waals surface area contributed by atoms with Gasteiger partial charge in [-0.3, -0.25) is 4.90 Å². The minimum atomic E-state index is 0.193. The van der Waals surface area contributed by atoms with Gasteiger partial charge in [0.2, 0.25) is 0 Å². The quantitative estimate of drug-likeness (QED) is 0.811. The fraction of sp³-hybridized carbons (Fsp3) is 0.647. The molecule has 0 heterocycles. The van der Waals surface area contributed by atoms with Crippen molar-refractivity contribution in [2.45, 2.75) is 52.6 Å². The molecule has 0 bridgehead atoms. The number of aryl methyl sites for hydroxylation is 1. The van der Waals surface area contributed by atoms with Gasteiger partial charge in [-0.1, -0.05) is 45.0 Å².